The van der Waals surface area contributed by atoms with Gasteiger partial charge in [-0.3, -0.25) is 4.98 Å². The fourth-order valence-corrected chi connectivity index (χ4v) is 1.84. The van der Waals surface area contributed by atoms with Crippen LogP contribution in [0, 0.1) is 25.2 Å². The molecule has 0 N–H and O–H groups in total. The van der Waals surface area contributed by atoms with E-state index in [4.69, 9.17) is 5.26 Å². The van der Waals surface area contributed by atoms with Crippen molar-refractivity contribution in [3.8, 4) is 17.3 Å². The molecule has 0 aliphatic carbocycles. The highest BCUT2D eigenvalue weighted by atomic mass is 14.7. The maximum Gasteiger partial charge on any atom is 0.101 e. The zero-order valence-electron chi connectivity index (χ0n) is 9.36. The van der Waals surface area contributed by atoms with Gasteiger partial charge in [-0.2, -0.15) is 5.26 Å². The van der Waals surface area contributed by atoms with E-state index in [1.54, 1.807) is 18.3 Å². The number of aromatic nitrogens is 1. The van der Waals surface area contributed by atoms with Crippen molar-refractivity contribution >= 4 is 0 Å². The fraction of sp³-hybridized carbons (Fsp3) is 0.143. The smallest absolute Gasteiger partial charge is 0.101 e. The highest BCUT2D eigenvalue weighted by molar-refractivity contribution is 5.67. The molecule has 0 spiro atoms. The van der Waals surface area contributed by atoms with Crippen molar-refractivity contribution in [3.63, 3.8) is 0 Å². The summed E-state index contributed by atoms with van der Waals surface area (Å²) in [6, 6.07) is 12.0. The first kappa shape index (κ1) is 10.4. The van der Waals surface area contributed by atoms with Gasteiger partial charge in [0.1, 0.15) is 6.07 Å². The van der Waals surface area contributed by atoms with Crippen molar-refractivity contribution in [2.24, 2.45) is 0 Å². The standard InChI is InChI=1S/C14H12N2/c1-10-6-11(2)8-13(7-10)14-12(9-15)4-3-5-16-14/h3-8H,1-2H3. The lowest BCUT2D eigenvalue weighted by Crippen LogP contribution is -1.89. The molecule has 2 aromatic rings. The van der Waals surface area contributed by atoms with Gasteiger partial charge in [-0.1, -0.05) is 17.2 Å². The highest BCUT2D eigenvalue weighted by Crippen LogP contribution is 2.22. The summed E-state index contributed by atoms with van der Waals surface area (Å²) in [5, 5.41) is 9.03. The molecule has 0 saturated heterocycles. The number of benzene rings is 1. The number of hydrogen-bond acceptors (Lipinski definition) is 2. The predicted octanol–water partition coefficient (Wildman–Crippen LogP) is 3.24. The van der Waals surface area contributed by atoms with E-state index in [0.717, 1.165) is 11.3 Å². The van der Waals surface area contributed by atoms with E-state index in [1.165, 1.54) is 11.1 Å². The molecule has 78 valence electrons. The molecule has 2 nitrogen and oxygen atoms in total. The largest absolute Gasteiger partial charge is 0.255 e. The summed E-state index contributed by atoms with van der Waals surface area (Å²) in [4.78, 5) is 4.28. The molecule has 0 aliphatic rings. The average Bonchev–Trinajstić information content (AvgIpc) is 2.27. The fourth-order valence-electron chi connectivity index (χ4n) is 1.84. The maximum atomic E-state index is 9.03. The van der Waals surface area contributed by atoms with E-state index in [2.05, 4.69) is 29.3 Å². The molecule has 0 saturated carbocycles. The van der Waals surface area contributed by atoms with Crippen LogP contribution in [0.15, 0.2) is 36.5 Å². The summed E-state index contributed by atoms with van der Waals surface area (Å²) in [5.41, 5.74) is 4.76. The Bertz CT molecular complexity index is 545. The van der Waals surface area contributed by atoms with Gasteiger partial charge in [-0.05, 0) is 38.1 Å². The summed E-state index contributed by atoms with van der Waals surface area (Å²) in [6.45, 7) is 4.09. The van der Waals surface area contributed by atoms with E-state index in [9.17, 15) is 0 Å². The Hall–Kier alpha value is -2.14. The second-order valence-corrected chi connectivity index (χ2v) is 3.89. The van der Waals surface area contributed by atoms with E-state index < -0.39 is 0 Å². The number of pyridine rings is 1. The van der Waals surface area contributed by atoms with Crippen molar-refractivity contribution in [2.45, 2.75) is 13.8 Å². The summed E-state index contributed by atoms with van der Waals surface area (Å²) >= 11 is 0. The quantitative estimate of drug-likeness (QED) is 0.721. The molecular formula is C14H12N2. The summed E-state index contributed by atoms with van der Waals surface area (Å²) < 4.78 is 0. The Balaban J connectivity index is 2.63. The number of nitriles is 1. The molecule has 0 amide bonds. The van der Waals surface area contributed by atoms with Crippen LogP contribution in [0.2, 0.25) is 0 Å². The minimum atomic E-state index is 0.618. The van der Waals surface area contributed by atoms with Gasteiger partial charge in [0.15, 0.2) is 0 Å². The van der Waals surface area contributed by atoms with Crippen LogP contribution < -0.4 is 0 Å². The monoisotopic (exact) mass is 208 g/mol. The Morgan fingerprint density at radius 3 is 2.44 bits per heavy atom. The molecule has 1 aromatic carbocycles. The van der Waals surface area contributed by atoms with Gasteiger partial charge in [-0.25, -0.2) is 0 Å². The summed E-state index contributed by atoms with van der Waals surface area (Å²) in [5.74, 6) is 0. The number of nitrogens with zero attached hydrogens (tertiary/aromatic N) is 2. The van der Waals surface area contributed by atoms with Crippen LogP contribution in [0.1, 0.15) is 16.7 Å². The lowest BCUT2D eigenvalue weighted by atomic mass is 10.0. The van der Waals surface area contributed by atoms with Gasteiger partial charge in [0.05, 0.1) is 11.3 Å². The summed E-state index contributed by atoms with van der Waals surface area (Å²) in [6.07, 6.45) is 1.72. The Morgan fingerprint density at radius 1 is 1.12 bits per heavy atom. The first-order chi connectivity index (χ1) is 7.70. The van der Waals surface area contributed by atoms with Crippen LogP contribution >= 0.6 is 0 Å². The van der Waals surface area contributed by atoms with Crippen molar-refractivity contribution < 1.29 is 0 Å². The number of rotatable bonds is 1. The number of aryl methyl sites for hydroxylation is 2. The van der Waals surface area contributed by atoms with Crippen LogP contribution in [0.25, 0.3) is 11.3 Å². The SMILES string of the molecule is Cc1cc(C)cc(-c2ncccc2C#N)c1. The van der Waals surface area contributed by atoms with Gasteiger partial charge in [0.2, 0.25) is 0 Å². The van der Waals surface area contributed by atoms with Gasteiger partial charge in [0.25, 0.3) is 0 Å². The lowest BCUT2D eigenvalue weighted by molar-refractivity contribution is 1.28. The van der Waals surface area contributed by atoms with E-state index in [0.29, 0.717) is 5.56 Å². The first-order valence-corrected chi connectivity index (χ1v) is 5.14. The Kier molecular flexibility index (Phi) is 2.70. The highest BCUT2D eigenvalue weighted by Gasteiger charge is 2.06. The lowest BCUT2D eigenvalue weighted by Gasteiger charge is -2.05. The van der Waals surface area contributed by atoms with Gasteiger partial charge in [-0.15, -0.1) is 0 Å². The molecule has 0 radical (unpaired) electrons. The normalized spacial score (nSPS) is 9.81. The van der Waals surface area contributed by atoms with Crippen LogP contribution in [0.4, 0.5) is 0 Å². The molecule has 0 atom stereocenters. The molecule has 1 heterocycles. The molecular weight excluding hydrogens is 196 g/mol. The first-order valence-electron chi connectivity index (χ1n) is 5.14. The van der Waals surface area contributed by atoms with Gasteiger partial charge < -0.3 is 0 Å². The Labute approximate surface area is 95.2 Å². The molecule has 0 fully saturated rings. The third kappa shape index (κ3) is 1.94. The molecule has 0 bridgehead atoms. The number of hydrogen-bond donors (Lipinski definition) is 0. The average molecular weight is 208 g/mol. The van der Waals surface area contributed by atoms with Crippen molar-refractivity contribution in [1.29, 1.82) is 5.26 Å². The van der Waals surface area contributed by atoms with E-state index in [-0.39, 0.29) is 0 Å². The van der Waals surface area contributed by atoms with Crippen molar-refractivity contribution in [1.82, 2.24) is 4.98 Å². The van der Waals surface area contributed by atoms with Crippen molar-refractivity contribution in [2.75, 3.05) is 0 Å². The van der Waals surface area contributed by atoms with Gasteiger partial charge in [0, 0.05) is 11.8 Å². The molecule has 1 aromatic heterocycles. The van der Waals surface area contributed by atoms with Crippen LogP contribution in [0.5, 0.6) is 0 Å². The molecule has 2 rings (SSSR count). The second kappa shape index (κ2) is 4.16. The molecule has 16 heavy (non-hydrogen) atoms. The molecule has 0 unspecified atom stereocenters. The Morgan fingerprint density at radius 2 is 1.81 bits per heavy atom. The van der Waals surface area contributed by atoms with Crippen LogP contribution in [-0.4, -0.2) is 4.98 Å². The maximum absolute atomic E-state index is 9.03. The van der Waals surface area contributed by atoms with E-state index >= 15 is 0 Å². The topological polar surface area (TPSA) is 36.7 Å². The summed E-state index contributed by atoms with van der Waals surface area (Å²) in [7, 11) is 0. The molecule has 2 heteroatoms. The zero-order chi connectivity index (χ0) is 11.5. The zero-order valence-corrected chi connectivity index (χ0v) is 9.36. The minimum Gasteiger partial charge on any atom is -0.255 e. The van der Waals surface area contributed by atoms with Crippen LogP contribution in [0.3, 0.4) is 0 Å². The second-order valence-electron chi connectivity index (χ2n) is 3.89. The van der Waals surface area contributed by atoms with E-state index in [1.807, 2.05) is 13.8 Å². The van der Waals surface area contributed by atoms with Crippen molar-refractivity contribution in [3.05, 3.63) is 53.2 Å². The third-order valence-corrected chi connectivity index (χ3v) is 2.42. The van der Waals surface area contributed by atoms with Crippen LogP contribution in [-0.2, 0) is 0 Å². The minimum absolute atomic E-state index is 0.618. The predicted molar refractivity (Wildman–Crippen MR) is 63.9 cm³/mol. The molecule has 0 aliphatic heterocycles. The third-order valence-electron chi connectivity index (χ3n) is 2.42. The van der Waals surface area contributed by atoms with Gasteiger partial charge >= 0.3 is 0 Å².